The molecule has 2 N–H and O–H groups in total. The number of aliphatic hydroxyl groups is 2. The van der Waals surface area contributed by atoms with Crippen LogP contribution in [0.5, 0.6) is 0 Å². The maximum Gasteiger partial charge on any atom is 0.0488 e. The molecule has 0 saturated heterocycles. The van der Waals surface area contributed by atoms with Crippen molar-refractivity contribution in [2.24, 2.45) is 23.2 Å². The second-order valence-corrected chi connectivity index (χ2v) is 5.60. The summed E-state index contributed by atoms with van der Waals surface area (Å²) in [5.74, 6) is 1.82. The van der Waals surface area contributed by atoms with Crippen LogP contribution < -0.4 is 0 Å². The number of rotatable bonds is 2. The minimum absolute atomic E-state index is 0.0112. The number of aliphatic hydroxyl groups excluding tert-OH is 2. The fourth-order valence-corrected chi connectivity index (χ4v) is 3.81. The molecule has 0 aromatic rings. The molecule has 2 bridgehead atoms. The molecular formula is C12H22O2. The van der Waals surface area contributed by atoms with E-state index < -0.39 is 0 Å². The first kappa shape index (κ1) is 10.4. The lowest BCUT2D eigenvalue weighted by atomic mass is 9.56. The number of hydrogen-bond donors (Lipinski definition) is 2. The Balaban J connectivity index is 2.17. The van der Waals surface area contributed by atoms with Crippen LogP contribution in [0.4, 0.5) is 0 Å². The molecule has 2 heteroatoms. The normalized spacial score (nSPS) is 47.8. The average Bonchev–Trinajstić information content (AvgIpc) is 2.18. The molecule has 0 radical (unpaired) electrons. The second kappa shape index (κ2) is 3.82. The molecule has 0 aromatic heterocycles. The van der Waals surface area contributed by atoms with Crippen LogP contribution in [0.1, 0.15) is 39.0 Å². The topological polar surface area (TPSA) is 40.5 Å². The van der Waals surface area contributed by atoms with Gasteiger partial charge >= 0.3 is 0 Å². The van der Waals surface area contributed by atoms with Gasteiger partial charge in [-0.2, -0.15) is 0 Å². The summed E-state index contributed by atoms with van der Waals surface area (Å²) in [6, 6.07) is 0. The Kier molecular flexibility index (Phi) is 2.85. The van der Waals surface area contributed by atoms with Crippen LogP contribution in [0.15, 0.2) is 0 Å². The molecule has 0 amide bonds. The smallest absolute Gasteiger partial charge is 0.0488 e. The lowest BCUT2D eigenvalue weighted by molar-refractivity contribution is -0.0645. The first-order chi connectivity index (χ1) is 6.69. The largest absolute Gasteiger partial charge is 0.396 e. The van der Waals surface area contributed by atoms with E-state index in [9.17, 15) is 10.2 Å². The molecule has 2 aliphatic carbocycles. The van der Waals surface area contributed by atoms with E-state index in [0.29, 0.717) is 11.8 Å². The van der Waals surface area contributed by atoms with Gasteiger partial charge < -0.3 is 10.2 Å². The molecule has 2 nitrogen and oxygen atoms in total. The van der Waals surface area contributed by atoms with Crippen LogP contribution in [-0.2, 0) is 0 Å². The van der Waals surface area contributed by atoms with Gasteiger partial charge in [-0.15, -0.1) is 0 Å². The third-order valence-electron chi connectivity index (χ3n) is 4.60. The number of hydrogen-bond acceptors (Lipinski definition) is 2. The van der Waals surface area contributed by atoms with E-state index in [1.54, 1.807) is 0 Å². The second-order valence-electron chi connectivity index (χ2n) is 5.60. The summed E-state index contributed by atoms with van der Waals surface area (Å²) in [5.41, 5.74) is -0.0112. The zero-order chi connectivity index (χ0) is 10.2. The minimum Gasteiger partial charge on any atom is -0.396 e. The Hall–Kier alpha value is -0.0800. The highest BCUT2D eigenvalue weighted by Gasteiger charge is 2.46. The zero-order valence-corrected chi connectivity index (χ0v) is 9.08. The van der Waals surface area contributed by atoms with E-state index in [2.05, 4.69) is 6.92 Å². The summed E-state index contributed by atoms with van der Waals surface area (Å²) in [5, 5.41) is 19.0. The molecule has 2 fully saturated rings. The van der Waals surface area contributed by atoms with Gasteiger partial charge in [0.1, 0.15) is 0 Å². The fraction of sp³-hybridized carbons (Fsp3) is 1.00. The predicted molar refractivity (Wildman–Crippen MR) is 55.8 cm³/mol. The van der Waals surface area contributed by atoms with E-state index >= 15 is 0 Å². The van der Waals surface area contributed by atoms with Crippen molar-refractivity contribution < 1.29 is 10.2 Å². The van der Waals surface area contributed by atoms with E-state index in [1.165, 1.54) is 25.7 Å². The highest BCUT2D eigenvalue weighted by atomic mass is 16.3. The lowest BCUT2D eigenvalue weighted by Crippen LogP contribution is -2.46. The number of fused-ring (bicyclic) bond motifs is 2. The van der Waals surface area contributed by atoms with Gasteiger partial charge in [-0.3, -0.25) is 0 Å². The summed E-state index contributed by atoms with van der Waals surface area (Å²) < 4.78 is 0. The van der Waals surface area contributed by atoms with Crippen molar-refractivity contribution in [2.75, 3.05) is 13.2 Å². The predicted octanol–water partition coefficient (Wildman–Crippen LogP) is 1.80. The zero-order valence-electron chi connectivity index (χ0n) is 9.08. The van der Waals surface area contributed by atoms with Crippen molar-refractivity contribution in [1.82, 2.24) is 0 Å². The van der Waals surface area contributed by atoms with E-state index in [4.69, 9.17) is 0 Å². The van der Waals surface area contributed by atoms with E-state index in [0.717, 1.165) is 12.3 Å². The molecular weight excluding hydrogens is 176 g/mol. The molecule has 0 heterocycles. The van der Waals surface area contributed by atoms with Crippen molar-refractivity contribution in [3.05, 3.63) is 0 Å². The first-order valence-corrected chi connectivity index (χ1v) is 5.91. The van der Waals surface area contributed by atoms with Gasteiger partial charge in [0.2, 0.25) is 0 Å². The Morgan fingerprint density at radius 2 is 2.07 bits per heavy atom. The van der Waals surface area contributed by atoms with Gasteiger partial charge in [0.15, 0.2) is 0 Å². The van der Waals surface area contributed by atoms with Crippen LogP contribution in [0.3, 0.4) is 0 Å². The molecule has 0 spiro atoms. The Morgan fingerprint density at radius 1 is 1.29 bits per heavy atom. The molecule has 82 valence electrons. The van der Waals surface area contributed by atoms with Crippen LogP contribution >= 0.6 is 0 Å². The van der Waals surface area contributed by atoms with Crippen LogP contribution in [0, 0.1) is 23.2 Å². The highest BCUT2D eigenvalue weighted by molar-refractivity contribution is 4.95. The molecule has 0 aromatic carbocycles. The van der Waals surface area contributed by atoms with Crippen molar-refractivity contribution in [3.8, 4) is 0 Å². The summed E-state index contributed by atoms with van der Waals surface area (Å²) >= 11 is 0. The van der Waals surface area contributed by atoms with E-state index in [1.807, 2.05) is 0 Å². The SMILES string of the molecule is CC1(CO)CC2CCCC(C2)C1CO. The van der Waals surface area contributed by atoms with Crippen LogP contribution in [0.25, 0.3) is 0 Å². The Labute approximate surface area is 86.3 Å². The monoisotopic (exact) mass is 198 g/mol. The maximum atomic E-state index is 9.50. The van der Waals surface area contributed by atoms with Gasteiger partial charge in [-0.1, -0.05) is 26.2 Å². The molecule has 2 aliphatic rings. The summed E-state index contributed by atoms with van der Waals surface area (Å²) in [6.45, 7) is 2.65. The van der Waals surface area contributed by atoms with Crippen LogP contribution in [-0.4, -0.2) is 23.4 Å². The van der Waals surface area contributed by atoms with Crippen LogP contribution in [0.2, 0.25) is 0 Å². The van der Waals surface area contributed by atoms with Gasteiger partial charge in [0.25, 0.3) is 0 Å². The summed E-state index contributed by atoms with van der Waals surface area (Å²) in [7, 11) is 0. The standard InChI is InChI=1S/C12H22O2/c1-12(8-14)6-9-3-2-4-10(5-9)11(12)7-13/h9-11,13-14H,2-8H2,1H3. The van der Waals surface area contributed by atoms with Crippen molar-refractivity contribution in [1.29, 1.82) is 0 Å². The van der Waals surface area contributed by atoms with Gasteiger partial charge in [-0.25, -0.2) is 0 Å². The quantitative estimate of drug-likeness (QED) is 0.710. The molecule has 2 rings (SSSR count). The minimum atomic E-state index is -0.0112. The molecule has 14 heavy (non-hydrogen) atoms. The van der Waals surface area contributed by atoms with Crippen molar-refractivity contribution in [3.63, 3.8) is 0 Å². The molecule has 4 unspecified atom stereocenters. The maximum absolute atomic E-state index is 9.50. The molecule has 0 aliphatic heterocycles. The Bertz CT molecular complexity index is 204. The third kappa shape index (κ3) is 1.59. The first-order valence-electron chi connectivity index (χ1n) is 5.91. The third-order valence-corrected chi connectivity index (χ3v) is 4.60. The summed E-state index contributed by atoms with van der Waals surface area (Å²) in [6.07, 6.45) is 6.33. The van der Waals surface area contributed by atoms with Crippen molar-refractivity contribution in [2.45, 2.75) is 39.0 Å². The van der Waals surface area contributed by atoms with E-state index in [-0.39, 0.29) is 18.6 Å². The van der Waals surface area contributed by atoms with Gasteiger partial charge in [-0.05, 0) is 36.0 Å². The Morgan fingerprint density at radius 3 is 2.71 bits per heavy atom. The molecule has 2 saturated carbocycles. The lowest BCUT2D eigenvalue weighted by Gasteiger charge is -2.50. The highest BCUT2D eigenvalue weighted by Crippen LogP contribution is 2.51. The summed E-state index contributed by atoms with van der Waals surface area (Å²) in [4.78, 5) is 0. The van der Waals surface area contributed by atoms with Crippen molar-refractivity contribution >= 4 is 0 Å². The fourth-order valence-electron chi connectivity index (χ4n) is 3.81. The average molecular weight is 198 g/mol. The molecule has 4 atom stereocenters. The van der Waals surface area contributed by atoms with Gasteiger partial charge in [0.05, 0.1) is 0 Å². The van der Waals surface area contributed by atoms with Gasteiger partial charge in [0, 0.05) is 13.2 Å².